The first kappa shape index (κ1) is 18.9. The van der Waals surface area contributed by atoms with Crippen LogP contribution in [0, 0.1) is 5.92 Å². The van der Waals surface area contributed by atoms with Crippen molar-refractivity contribution < 1.29 is 0 Å². The average Bonchev–Trinajstić information content (AvgIpc) is 2.55. The molecule has 0 N–H and O–H groups in total. The fourth-order valence-corrected chi connectivity index (χ4v) is 3.39. The van der Waals surface area contributed by atoms with Gasteiger partial charge >= 0.3 is 0 Å². The van der Waals surface area contributed by atoms with Crippen LogP contribution in [0.1, 0.15) is 53.9 Å². The molecule has 3 heteroatoms. The van der Waals surface area contributed by atoms with E-state index in [1.807, 2.05) is 13.8 Å². The maximum Gasteiger partial charge on any atom is 0.0121 e. The fraction of sp³-hybridized carbons (Fsp3) is 1.00. The molecule has 0 radical (unpaired) electrons. The fourth-order valence-electron chi connectivity index (χ4n) is 3.39. The van der Waals surface area contributed by atoms with E-state index in [-0.39, 0.29) is 0 Å². The standard InChI is InChI=1S/C16H33N3.C2H6/c1-4-17-11-13-19(14-12-17)16-6-9-18(10-7-16)8-5-15(2)3;1-2/h15-16H,4-14H2,1-3H3;1-2H3. The van der Waals surface area contributed by atoms with Gasteiger partial charge in [0.1, 0.15) is 0 Å². The third-order valence-electron chi connectivity index (χ3n) is 4.95. The highest BCUT2D eigenvalue weighted by Crippen LogP contribution is 2.19. The molecule has 0 unspecified atom stereocenters. The molecule has 2 heterocycles. The van der Waals surface area contributed by atoms with E-state index >= 15 is 0 Å². The van der Waals surface area contributed by atoms with Crippen molar-refractivity contribution in [3.05, 3.63) is 0 Å². The molecule has 2 rings (SSSR count). The summed E-state index contributed by atoms with van der Waals surface area (Å²) in [6, 6.07) is 0.870. The highest BCUT2D eigenvalue weighted by Gasteiger charge is 2.26. The maximum atomic E-state index is 2.76. The summed E-state index contributed by atoms with van der Waals surface area (Å²) >= 11 is 0. The predicted molar refractivity (Wildman–Crippen MR) is 94.0 cm³/mol. The van der Waals surface area contributed by atoms with Gasteiger partial charge in [-0.05, 0) is 51.4 Å². The van der Waals surface area contributed by atoms with Crippen molar-refractivity contribution in [1.82, 2.24) is 14.7 Å². The molecule has 0 aromatic heterocycles. The Labute approximate surface area is 133 Å². The Balaban J connectivity index is 0.00000106. The molecule has 0 aromatic carbocycles. The van der Waals surface area contributed by atoms with E-state index in [4.69, 9.17) is 0 Å². The maximum absolute atomic E-state index is 2.76. The molecule has 3 nitrogen and oxygen atoms in total. The van der Waals surface area contributed by atoms with Crippen molar-refractivity contribution in [2.75, 3.05) is 52.4 Å². The Hall–Kier alpha value is -0.120. The molecule has 2 saturated heterocycles. The second-order valence-corrected chi connectivity index (χ2v) is 6.73. The molecule has 0 saturated carbocycles. The molecule has 21 heavy (non-hydrogen) atoms. The molecule has 2 aliphatic rings. The van der Waals surface area contributed by atoms with Gasteiger partial charge in [0.15, 0.2) is 0 Å². The summed E-state index contributed by atoms with van der Waals surface area (Å²) in [7, 11) is 0. The highest BCUT2D eigenvalue weighted by molar-refractivity contribution is 4.83. The third-order valence-corrected chi connectivity index (χ3v) is 4.95. The zero-order valence-electron chi connectivity index (χ0n) is 15.3. The van der Waals surface area contributed by atoms with Crippen molar-refractivity contribution >= 4 is 0 Å². The van der Waals surface area contributed by atoms with Crippen LogP contribution in [-0.2, 0) is 0 Å². The van der Waals surface area contributed by atoms with Gasteiger partial charge in [0.25, 0.3) is 0 Å². The molecule has 0 amide bonds. The minimum absolute atomic E-state index is 0.847. The number of rotatable bonds is 5. The molecular formula is C18H39N3. The van der Waals surface area contributed by atoms with Crippen molar-refractivity contribution in [2.45, 2.75) is 59.9 Å². The topological polar surface area (TPSA) is 9.72 Å². The Morgan fingerprint density at radius 2 is 1.43 bits per heavy atom. The Morgan fingerprint density at radius 1 is 0.857 bits per heavy atom. The van der Waals surface area contributed by atoms with Gasteiger partial charge in [0.05, 0.1) is 0 Å². The molecule has 0 aromatic rings. The minimum Gasteiger partial charge on any atom is -0.303 e. The van der Waals surface area contributed by atoms with Gasteiger partial charge in [0, 0.05) is 32.2 Å². The van der Waals surface area contributed by atoms with Crippen LogP contribution in [0.5, 0.6) is 0 Å². The highest BCUT2D eigenvalue weighted by atomic mass is 15.3. The van der Waals surface area contributed by atoms with Crippen LogP contribution in [0.3, 0.4) is 0 Å². The van der Waals surface area contributed by atoms with Gasteiger partial charge in [-0.3, -0.25) is 4.90 Å². The molecule has 0 atom stereocenters. The number of hydrogen-bond acceptors (Lipinski definition) is 3. The van der Waals surface area contributed by atoms with E-state index in [1.54, 1.807) is 0 Å². The first-order valence-electron chi connectivity index (χ1n) is 9.37. The van der Waals surface area contributed by atoms with Crippen LogP contribution in [0.15, 0.2) is 0 Å². The van der Waals surface area contributed by atoms with Crippen LogP contribution < -0.4 is 0 Å². The van der Waals surface area contributed by atoms with Gasteiger partial charge in [-0.2, -0.15) is 0 Å². The SMILES string of the molecule is CC.CCN1CCN(C2CCN(CCC(C)C)CC2)CC1. The van der Waals surface area contributed by atoms with Crippen molar-refractivity contribution in [3.63, 3.8) is 0 Å². The van der Waals surface area contributed by atoms with Crippen LogP contribution in [0.25, 0.3) is 0 Å². The van der Waals surface area contributed by atoms with E-state index in [1.165, 1.54) is 71.6 Å². The van der Waals surface area contributed by atoms with Gasteiger partial charge in [-0.15, -0.1) is 0 Å². The summed E-state index contributed by atoms with van der Waals surface area (Å²) in [5.74, 6) is 0.847. The molecule has 0 spiro atoms. The van der Waals surface area contributed by atoms with Crippen molar-refractivity contribution in [1.29, 1.82) is 0 Å². The second-order valence-electron chi connectivity index (χ2n) is 6.73. The van der Waals surface area contributed by atoms with Crippen molar-refractivity contribution in [2.24, 2.45) is 5.92 Å². The number of hydrogen-bond donors (Lipinski definition) is 0. The van der Waals surface area contributed by atoms with Crippen LogP contribution in [0.4, 0.5) is 0 Å². The lowest BCUT2D eigenvalue weighted by atomic mass is 10.0. The Morgan fingerprint density at radius 3 is 1.90 bits per heavy atom. The first-order valence-corrected chi connectivity index (χ1v) is 9.37. The van der Waals surface area contributed by atoms with Gasteiger partial charge in [0.2, 0.25) is 0 Å². The van der Waals surface area contributed by atoms with Gasteiger partial charge < -0.3 is 9.80 Å². The van der Waals surface area contributed by atoms with Gasteiger partial charge in [-0.25, -0.2) is 0 Å². The summed E-state index contributed by atoms with van der Waals surface area (Å²) < 4.78 is 0. The van der Waals surface area contributed by atoms with Crippen LogP contribution >= 0.6 is 0 Å². The minimum atomic E-state index is 0.847. The number of likely N-dealkylation sites (tertiary alicyclic amines) is 1. The molecule has 0 aliphatic carbocycles. The summed E-state index contributed by atoms with van der Waals surface area (Å²) in [6.45, 7) is 21.3. The number of piperidine rings is 1. The summed E-state index contributed by atoms with van der Waals surface area (Å²) in [5, 5.41) is 0. The average molecular weight is 298 g/mol. The van der Waals surface area contributed by atoms with E-state index in [0.717, 1.165) is 12.0 Å². The van der Waals surface area contributed by atoms with Gasteiger partial charge in [-0.1, -0.05) is 34.6 Å². The quantitative estimate of drug-likeness (QED) is 0.772. The normalized spacial score (nSPS) is 23.1. The smallest absolute Gasteiger partial charge is 0.0121 e. The zero-order valence-corrected chi connectivity index (χ0v) is 15.3. The van der Waals surface area contributed by atoms with Crippen LogP contribution in [0.2, 0.25) is 0 Å². The molecular weight excluding hydrogens is 258 g/mol. The molecule has 0 bridgehead atoms. The second kappa shape index (κ2) is 10.6. The summed E-state index contributed by atoms with van der Waals surface area (Å²) in [6.07, 6.45) is 4.15. The van der Waals surface area contributed by atoms with E-state index < -0.39 is 0 Å². The largest absolute Gasteiger partial charge is 0.303 e. The van der Waals surface area contributed by atoms with E-state index in [0.29, 0.717) is 0 Å². The zero-order chi connectivity index (χ0) is 15.7. The van der Waals surface area contributed by atoms with Crippen LogP contribution in [-0.4, -0.2) is 73.1 Å². The number of nitrogens with zero attached hydrogens (tertiary/aromatic N) is 3. The lowest BCUT2D eigenvalue weighted by molar-refractivity contribution is 0.0601. The van der Waals surface area contributed by atoms with E-state index in [9.17, 15) is 0 Å². The lowest BCUT2D eigenvalue weighted by Gasteiger charge is -2.42. The number of piperazine rings is 1. The monoisotopic (exact) mass is 297 g/mol. The number of likely N-dealkylation sites (N-methyl/N-ethyl adjacent to an activating group) is 1. The first-order chi connectivity index (χ1) is 10.2. The predicted octanol–water partition coefficient (Wildman–Crippen LogP) is 3.16. The van der Waals surface area contributed by atoms with E-state index in [2.05, 4.69) is 35.5 Å². The molecule has 2 fully saturated rings. The Bertz CT molecular complexity index is 239. The third kappa shape index (κ3) is 6.66. The van der Waals surface area contributed by atoms with Crippen molar-refractivity contribution in [3.8, 4) is 0 Å². The molecule has 126 valence electrons. The molecule has 2 aliphatic heterocycles. The Kier molecular flexibility index (Phi) is 9.54. The summed E-state index contributed by atoms with van der Waals surface area (Å²) in [5.41, 5.74) is 0. The summed E-state index contributed by atoms with van der Waals surface area (Å²) in [4.78, 5) is 8.01. The lowest BCUT2D eigenvalue weighted by Crippen LogP contribution is -2.53.